The van der Waals surface area contributed by atoms with Crippen LogP contribution in [0.3, 0.4) is 0 Å². The highest BCUT2D eigenvalue weighted by Crippen LogP contribution is 2.36. The van der Waals surface area contributed by atoms with Crippen LogP contribution in [-0.2, 0) is 76.4 Å². The quantitative estimate of drug-likeness (QED) is 0.150. The predicted molar refractivity (Wildman–Crippen MR) is 233 cm³/mol. The minimum Gasteiger partial charge on any atom is -0.393 e. The lowest BCUT2D eigenvalue weighted by molar-refractivity contribution is -0.163. The smallest absolute Gasteiger partial charge is 0.346 e. The van der Waals surface area contributed by atoms with Crippen LogP contribution in [0.1, 0.15) is 114 Å². The van der Waals surface area contributed by atoms with E-state index in [1.807, 2.05) is 0 Å². The molecule has 1 aromatic rings. The van der Waals surface area contributed by atoms with Crippen molar-refractivity contribution in [2.45, 2.75) is 77.6 Å². The molecule has 1 aromatic carbocycles. The fourth-order valence-corrected chi connectivity index (χ4v) is 5.57. The molecular formula is C46H56O18. The largest absolute Gasteiger partial charge is 0.393 e. The Bertz CT molecular complexity index is 2450. The Morgan fingerprint density at radius 2 is 0.906 bits per heavy atom. The number of hydrogen-bond donors (Lipinski definition) is 0. The molecule has 1 saturated carbocycles. The topological polar surface area (TPSA) is 260 Å². The van der Waals surface area contributed by atoms with Gasteiger partial charge >= 0.3 is 71.6 Å². The van der Waals surface area contributed by atoms with Crippen LogP contribution in [0.25, 0.3) is 0 Å². The highest BCUT2D eigenvalue weighted by atomic mass is 16.6. The Labute approximate surface area is 381 Å². The Hall–Kier alpha value is -8.58. The van der Waals surface area contributed by atoms with Crippen molar-refractivity contribution in [1.82, 2.24) is 0 Å². The third kappa shape index (κ3) is 17.2. The number of ether oxygens (including phenoxy) is 6. The Morgan fingerprint density at radius 1 is 0.469 bits per heavy atom. The standard InChI is InChI=1S/C16H4O3.C8H10O3.C8H4O3.2C5H6O3.C4H4O3.11H2/c1-2-3-4-5-6-7-8-9-10-11-12-14-13-15(17)19-16(14)18;2*9-7-5-3-1-2-4-6(5)8(10)11-7;1-3-2-4(6)8-5(3)7;6-4-2-1-3-5(7)8-4;5-3-1-2-4(6)7-3;;;;;;;;;;;/h1,14H,13H2;5-6H,1-4H2;1-4H;3H,2H2,1H3;1-3H2;1-2H2;11*1H. The molecule has 0 radical (unpaired) electrons. The summed E-state index contributed by atoms with van der Waals surface area (Å²) < 4.78 is 25.7. The molecule has 0 bridgehead atoms. The van der Waals surface area contributed by atoms with Crippen molar-refractivity contribution in [2.75, 3.05) is 0 Å². The summed E-state index contributed by atoms with van der Waals surface area (Å²) in [5.74, 6) is 19.8. The Morgan fingerprint density at radius 3 is 1.25 bits per heavy atom. The maximum atomic E-state index is 11.0. The molecule has 4 unspecified atom stereocenters. The van der Waals surface area contributed by atoms with E-state index in [0.29, 0.717) is 30.4 Å². The first-order valence-corrected chi connectivity index (χ1v) is 19.1. The van der Waals surface area contributed by atoms with E-state index in [1.54, 1.807) is 31.2 Å². The molecule has 0 N–H and O–H groups in total. The van der Waals surface area contributed by atoms with Crippen LogP contribution in [0.4, 0.5) is 0 Å². The fraction of sp³-hybridized carbons (Fsp3) is 0.348. The van der Waals surface area contributed by atoms with Gasteiger partial charge in [-0.2, -0.15) is 0 Å². The van der Waals surface area contributed by atoms with Gasteiger partial charge in [0.15, 0.2) is 0 Å². The van der Waals surface area contributed by atoms with Gasteiger partial charge in [0.1, 0.15) is 5.92 Å². The number of benzene rings is 1. The summed E-state index contributed by atoms with van der Waals surface area (Å²) in [6, 6.07) is 6.53. The number of rotatable bonds is 0. The SMILES string of the molecule is C#CC#CC#CC#CC#CC#CC1CC(=O)OC1=O.CC1CC(=O)OC1=O.O=C1CCC(=O)O1.O=C1CCCC(=O)O1.O=C1OC(=O)C2CCCCC12.O=C1OC(=O)c2ccccc21.[HH].[HH].[HH].[HH].[HH].[HH].[HH].[HH].[HH].[HH].[HH]. The molecule has 0 spiro atoms. The van der Waals surface area contributed by atoms with E-state index in [1.165, 1.54) is 0 Å². The van der Waals surface area contributed by atoms with Crippen molar-refractivity contribution in [3.63, 3.8) is 0 Å². The number of cyclic esters (lactones) is 12. The summed E-state index contributed by atoms with van der Waals surface area (Å²) in [4.78, 5) is 126. The van der Waals surface area contributed by atoms with Crippen LogP contribution < -0.4 is 0 Å². The first-order valence-electron chi connectivity index (χ1n) is 19.1. The number of esters is 12. The number of carbonyl (C=O) groups excluding carboxylic acids is 12. The van der Waals surface area contributed by atoms with E-state index in [-0.39, 0.29) is 83.0 Å². The van der Waals surface area contributed by atoms with Crippen LogP contribution >= 0.6 is 0 Å². The number of carbonyl (C=O) groups is 12. The molecule has 0 amide bonds. The van der Waals surface area contributed by atoms with Gasteiger partial charge in [0.2, 0.25) is 0 Å². The summed E-state index contributed by atoms with van der Waals surface area (Å²) in [6.07, 6.45) is 10.9. The average molecular weight is 897 g/mol. The third-order valence-electron chi connectivity index (χ3n) is 8.65. The van der Waals surface area contributed by atoms with Crippen molar-refractivity contribution in [3.8, 4) is 71.5 Å². The van der Waals surface area contributed by atoms with Crippen LogP contribution in [0.5, 0.6) is 0 Å². The summed E-state index contributed by atoms with van der Waals surface area (Å²) >= 11 is 0. The molecule has 4 atom stereocenters. The first-order chi connectivity index (χ1) is 30.6. The van der Waals surface area contributed by atoms with Crippen LogP contribution in [0.2, 0.25) is 0 Å². The Balaban J connectivity index is -0.0000000996. The second-order valence-electron chi connectivity index (χ2n) is 13.4. The zero-order valence-corrected chi connectivity index (χ0v) is 33.8. The molecule has 5 saturated heterocycles. The normalized spacial score (nSPS) is 21.3. The molecule has 6 heterocycles. The molecule has 18 nitrogen and oxygen atoms in total. The molecule has 1 aliphatic carbocycles. The molecule has 348 valence electrons. The van der Waals surface area contributed by atoms with Crippen LogP contribution in [0.15, 0.2) is 24.3 Å². The van der Waals surface area contributed by atoms with Gasteiger partial charge in [0.25, 0.3) is 0 Å². The summed E-state index contributed by atoms with van der Waals surface area (Å²) in [7, 11) is 0. The maximum Gasteiger partial charge on any atom is 0.346 e. The minimum atomic E-state index is -0.728. The summed E-state index contributed by atoms with van der Waals surface area (Å²) in [6.45, 7) is 1.67. The van der Waals surface area contributed by atoms with Crippen molar-refractivity contribution in [2.24, 2.45) is 23.7 Å². The lowest BCUT2D eigenvalue weighted by atomic mass is 9.81. The maximum absolute atomic E-state index is 11.0. The van der Waals surface area contributed by atoms with E-state index >= 15 is 0 Å². The van der Waals surface area contributed by atoms with Crippen molar-refractivity contribution in [3.05, 3.63) is 35.4 Å². The van der Waals surface area contributed by atoms with Crippen LogP contribution in [0, 0.1) is 95.2 Å². The van der Waals surface area contributed by atoms with Crippen molar-refractivity contribution in [1.29, 1.82) is 0 Å². The van der Waals surface area contributed by atoms with E-state index in [0.717, 1.165) is 25.7 Å². The summed E-state index contributed by atoms with van der Waals surface area (Å²) in [5, 5.41) is 0. The lowest BCUT2D eigenvalue weighted by Crippen LogP contribution is -2.21. The monoisotopic (exact) mass is 896 g/mol. The minimum absolute atomic E-state index is 0. The second-order valence-corrected chi connectivity index (χ2v) is 13.4. The van der Waals surface area contributed by atoms with Gasteiger partial charge < -0.3 is 28.4 Å². The van der Waals surface area contributed by atoms with Gasteiger partial charge in [0.05, 0.1) is 54.6 Å². The summed E-state index contributed by atoms with van der Waals surface area (Å²) in [5.41, 5.74) is 0.718. The van der Waals surface area contributed by atoms with E-state index in [9.17, 15) is 57.5 Å². The van der Waals surface area contributed by atoms with E-state index in [2.05, 4.69) is 93.5 Å². The molecule has 18 heteroatoms. The first kappa shape index (κ1) is 49.8. The second kappa shape index (κ2) is 25.9. The molecule has 0 aromatic heterocycles. The van der Waals surface area contributed by atoms with Crippen LogP contribution in [-0.4, -0.2) is 71.6 Å². The fourth-order valence-electron chi connectivity index (χ4n) is 5.57. The van der Waals surface area contributed by atoms with Gasteiger partial charge in [-0.3, -0.25) is 47.9 Å². The third-order valence-corrected chi connectivity index (χ3v) is 8.65. The van der Waals surface area contributed by atoms with E-state index in [4.69, 9.17) is 6.42 Å². The molecular weight excluding hydrogens is 840 g/mol. The van der Waals surface area contributed by atoms with Gasteiger partial charge in [-0.25, -0.2) is 9.59 Å². The number of hydrogen-bond acceptors (Lipinski definition) is 18. The van der Waals surface area contributed by atoms with E-state index < -0.39 is 53.7 Å². The average Bonchev–Trinajstić information content (AvgIpc) is 4.04. The molecule has 6 fully saturated rings. The number of fused-ring (bicyclic) bond motifs is 2. The lowest BCUT2D eigenvalue weighted by Gasteiger charge is -2.18. The molecule has 64 heavy (non-hydrogen) atoms. The number of terminal acetylenes is 1. The zero-order valence-electron chi connectivity index (χ0n) is 33.8. The van der Waals surface area contributed by atoms with Crippen molar-refractivity contribution >= 4 is 71.6 Å². The molecule has 6 aliphatic heterocycles. The van der Waals surface area contributed by atoms with Crippen molar-refractivity contribution < 1.29 is 102 Å². The highest BCUT2D eigenvalue weighted by molar-refractivity contribution is 6.14. The zero-order chi connectivity index (χ0) is 47.0. The molecule has 7 aliphatic rings. The molecule has 8 rings (SSSR count). The predicted octanol–water partition coefficient (Wildman–Crippen LogP) is 4.49. The Kier molecular flexibility index (Phi) is 20.2. The van der Waals surface area contributed by atoms with Gasteiger partial charge in [-0.1, -0.05) is 37.8 Å². The van der Waals surface area contributed by atoms with Gasteiger partial charge in [0, 0.05) is 28.5 Å². The van der Waals surface area contributed by atoms with Gasteiger partial charge in [-0.05, 0) is 90.6 Å². The highest BCUT2D eigenvalue weighted by Gasteiger charge is 2.45. The van der Waals surface area contributed by atoms with Gasteiger partial charge in [-0.15, -0.1) is 6.42 Å².